The third-order valence-corrected chi connectivity index (χ3v) is 6.79. The predicted octanol–water partition coefficient (Wildman–Crippen LogP) is 4.66. The number of phenolic OH excluding ortho intramolecular Hbond substituents is 1. The fraction of sp³-hybridized carbons (Fsp3) is 0.100. The average molecular weight is 384 g/mol. The molecule has 1 N–H and O–H groups in total. The average Bonchev–Trinajstić information content (AvgIpc) is 2.63. The van der Waals surface area contributed by atoms with Gasteiger partial charge in [-0.1, -0.05) is 59.8 Å². The van der Waals surface area contributed by atoms with Crippen molar-refractivity contribution in [3.05, 3.63) is 83.4 Å². The van der Waals surface area contributed by atoms with Crippen LogP contribution in [0, 0.1) is 6.92 Å². The number of hydrogen-bond donors (Lipinski definition) is 1. The molecule has 0 bridgehead atoms. The second kappa shape index (κ2) is 6.46. The molecule has 3 aromatic carbocycles. The number of hydrogen-bond acceptors (Lipinski definition) is 5. The van der Waals surface area contributed by atoms with E-state index >= 15 is 0 Å². The molecule has 1 aliphatic rings. The van der Waals surface area contributed by atoms with E-state index in [1.54, 1.807) is 30.3 Å². The first-order chi connectivity index (χ1) is 12.5. The standard InChI is InChI=1S/C20H16O4S2/c1-13-9-11-14(12-10-13)26(22,23)24-19-15-5-2-3-8-18(15)25-20-16(19)6-4-7-17(20)21/h2-12,19,21H,1H3. The molecular weight excluding hydrogens is 368 g/mol. The summed E-state index contributed by atoms with van der Waals surface area (Å²) in [5.41, 5.74) is 2.38. The summed E-state index contributed by atoms with van der Waals surface area (Å²) in [6.07, 6.45) is -0.805. The zero-order chi connectivity index (χ0) is 18.3. The van der Waals surface area contributed by atoms with E-state index in [0.29, 0.717) is 10.5 Å². The van der Waals surface area contributed by atoms with Gasteiger partial charge in [0.25, 0.3) is 10.1 Å². The maximum atomic E-state index is 12.8. The Bertz CT molecular complexity index is 1070. The van der Waals surface area contributed by atoms with Gasteiger partial charge in [-0.2, -0.15) is 8.42 Å². The Morgan fingerprint density at radius 3 is 2.38 bits per heavy atom. The van der Waals surface area contributed by atoms with Gasteiger partial charge in [0.2, 0.25) is 0 Å². The largest absolute Gasteiger partial charge is 0.507 e. The van der Waals surface area contributed by atoms with Gasteiger partial charge in [-0.15, -0.1) is 0 Å². The van der Waals surface area contributed by atoms with Crippen molar-refractivity contribution in [3.8, 4) is 5.75 Å². The van der Waals surface area contributed by atoms with Gasteiger partial charge >= 0.3 is 0 Å². The van der Waals surface area contributed by atoms with Crippen molar-refractivity contribution >= 4 is 21.9 Å². The van der Waals surface area contributed by atoms with Crippen LogP contribution in [0.4, 0.5) is 0 Å². The maximum absolute atomic E-state index is 12.8. The summed E-state index contributed by atoms with van der Waals surface area (Å²) in [6, 6.07) is 19.1. The lowest BCUT2D eigenvalue weighted by atomic mass is 10.0. The quantitative estimate of drug-likeness (QED) is 0.666. The molecule has 0 aromatic heterocycles. The van der Waals surface area contributed by atoms with Crippen LogP contribution in [-0.2, 0) is 14.3 Å². The minimum Gasteiger partial charge on any atom is -0.507 e. The molecule has 4 nitrogen and oxygen atoms in total. The smallest absolute Gasteiger partial charge is 0.297 e. The first-order valence-electron chi connectivity index (χ1n) is 8.04. The summed E-state index contributed by atoms with van der Waals surface area (Å²) >= 11 is 1.41. The molecule has 3 aromatic rings. The maximum Gasteiger partial charge on any atom is 0.297 e. The number of rotatable bonds is 3. The Morgan fingerprint density at radius 2 is 1.62 bits per heavy atom. The molecule has 1 heterocycles. The van der Waals surface area contributed by atoms with E-state index in [9.17, 15) is 13.5 Å². The molecule has 132 valence electrons. The van der Waals surface area contributed by atoms with Crippen molar-refractivity contribution in [2.45, 2.75) is 27.7 Å². The lowest BCUT2D eigenvalue weighted by molar-refractivity contribution is 0.245. The van der Waals surface area contributed by atoms with Crippen molar-refractivity contribution in [2.24, 2.45) is 0 Å². The van der Waals surface area contributed by atoms with Gasteiger partial charge in [-0.3, -0.25) is 4.18 Å². The monoisotopic (exact) mass is 384 g/mol. The molecule has 0 spiro atoms. The van der Waals surface area contributed by atoms with Crippen LogP contribution in [0.5, 0.6) is 5.75 Å². The molecule has 0 saturated heterocycles. The number of benzene rings is 3. The minimum atomic E-state index is -3.97. The van der Waals surface area contributed by atoms with E-state index in [0.717, 1.165) is 16.0 Å². The Hall–Kier alpha value is -2.28. The van der Waals surface area contributed by atoms with Gasteiger partial charge in [0.15, 0.2) is 0 Å². The van der Waals surface area contributed by atoms with E-state index < -0.39 is 16.2 Å². The fourth-order valence-corrected chi connectivity index (χ4v) is 5.08. The van der Waals surface area contributed by atoms with E-state index in [-0.39, 0.29) is 10.6 Å². The molecule has 1 atom stereocenters. The van der Waals surface area contributed by atoms with E-state index in [2.05, 4.69) is 0 Å². The van der Waals surface area contributed by atoms with Crippen molar-refractivity contribution in [3.63, 3.8) is 0 Å². The summed E-state index contributed by atoms with van der Waals surface area (Å²) in [4.78, 5) is 1.60. The highest BCUT2D eigenvalue weighted by atomic mass is 32.2. The molecule has 1 unspecified atom stereocenters. The Labute approximate surface area is 156 Å². The summed E-state index contributed by atoms with van der Waals surface area (Å²) in [5, 5.41) is 10.2. The molecular formula is C20H16O4S2. The van der Waals surface area contributed by atoms with Crippen LogP contribution >= 0.6 is 11.8 Å². The summed E-state index contributed by atoms with van der Waals surface area (Å²) in [5.74, 6) is 0.114. The molecule has 26 heavy (non-hydrogen) atoms. The van der Waals surface area contributed by atoms with Crippen molar-refractivity contribution in [1.29, 1.82) is 0 Å². The van der Waals surface area contributed by atoms with Gasteiger partial charge in [0.1, 0.15) is 11.9 Å². The van der Waals surface area contributed by atoms with Crippen molar-refractivity contribution in [2.75, 3.05) is 0 Å². The van der Waals surface area contributed by atoms with Gasteiger partial charge in [0, 0.05) is 16.0 Å². The van der Waals surface area contributed by atoms with Crippen LogP contribution in [0.25, 0.3) is 0 Å². The van der Waals surface area contributed by atoms with Gasteiger partial charge in [-0.05, 0) is 31.2 Å². The Balaban J connectivity index is 1.81. The number of aromatic hydroxyl groups is 1. The first-order valence-corrected chi connectivity index (χ1v) is 10.3. The third-order valence-electron chi connectivity index (χ3n) is 4.25. The zero-order valence-electron chi connectivity index (χ0n) is 13.9. The minimum absolute atomic E-state index is 0.112. The highest BCUT2D eigenvalue weighted by Gasteiger charge is 2.32. The molecule has 0 saturated carbocycles. The Kier molecular flexibility index (Phi) is 4.26. The van der Waals surface area contributed by atoms with Crippen LogP contribution in [0.1, 0.15) is 22.8 Å². The molecule has 0 amide bonds. The fourth-order valence-electron chi connectivity index (χ4n) is 2.92. The molecule has 0 radical (unpaired) electrons. The Morgan fingerprint density at radius 1 is 0.923 bits per heavy atom. The van der Waals surface area contributed by atoms with Crippen molar-refractivity contribution in [1.82, 2.24) is 0 Å². The van der Waals surface area contributed by atoms with Crippen LogP contribution in [0.15, 0.2) is 81.4 Å². The van der Waals surface area contributed by atoms with E-state index in [1.165, 1.54) is 23.9 Å². The number of fused-ring (bicyclic) bond motifs is 2. The lowest BCUT2D eigenvalue weighted by Gasteiger charge is -2.27. The summed E-state index contributed by atoms with van der Waals surface area (Å²) < 4.78 is 31.3. The van der Waals surface area contributed by atoms with Crippen LogP contribution in [0.2, 0.25) is 0 Å². The van der Waals surface area contributed by atoms with Crippen LogP contribution < -0.4 is 0 Å². The predicted molar refractivity (Wildman–Crippen MR) is 100.0 cm³/mol. The molecule has 4 rings (SSSR count). The van der Waals surface area contributed by atoms with Crippen molar-refractivity contribution < 1.29 is 17.7 Å². The second-order valence-corrected chi connectivity index (χ2v) is 8.70. The van der Waals surface area contributed by atoms with Crippen LogP contribution in [-0.4, -0.2) is 13.5 Å². The third kappa shape index (κ3) is 3.00. The second-order valence-electron chi connectivity index (χ2n) is 6.08. The topological polar surface area (TPSA) is 63.6 Å². The number of phenols is 1. The van der Waals surface area contributed by atoms with Crippen LogP contribution in [0.3, 0.4) is 0 Å². The zero-order valence-corrected chi connectivity index (χ0v) is 15.5. The van der Waals surface area contributed by atoms with Gasteiger partial charge < -0.3 is 5.11 Å². The highest BCUT2D eigenvalue weighted by Crippen LogP contribution is 2.50. The first kappa shape index (κ1) is 17.1. The highest BCUT2D eigenvalue weighted by molar-refractivity contribution is 7.99. The molecule has 0 fully saturated rings. The molecule has 1 aliphatic heterocycles. The summed E-state index contributed by atoms with van der Waals surface area (Å²) in [7, 11) is -3.97. The summed E-state index contributed by atoms with van der Waals surface area (Å²) in [6.45, 7) is 1.89. The van der Waals surface area contributed by atoms with E-state index in [4.69, 9.17) is 4.18 Å². The van der Waals surface area contributed by atoms with E-state index in [1.807, 2.05) is 31.2 Å². The van der Waals surface area contributed by atoms with Gasteiger partial charge in [-0.25, -0.2) is 0 Å². The SMILES string of the molecule is Cc1ccc(S(=O)(=O)OC2c3ccccc3Sc3c(O)cccc32)cc1. The van der Waals surface area contributed by atoms with Gasteiger partial charge in [0.05, 0.1) is 9.79 Å². The number of aryl methyl sites for hydroxylation is 1. The molecule has 6 heteroatoms. The normalized spacial score (nSPS) is 16.0. The molecule has 0 aliphatic carbocycles. The lowest BCUT2D eigenvalue weighted by Crippen LogP contribution is -2.17.